The Morgan fingerprint density at radius 1 is 1.47 bits per heavy atom. The van der Waals surface area contributed by atoms with E-state index in [1.54, 1.807) is 6.20 Å². The van der Waals surface area contributed by atoms with Gasteiger partial charge in [0.25, 0.3) is 0 Å². The van der Waals surface area contributed by atoms with Gasteiger partial charge in [0.15, 0.2) is 0 Å². The standard InChI is InChI=1S/C15H18N2O2/c1-4-12(15(18)19-3)14-16-9-13(17-14)11-7-5-6-10(2)8-11/h5-9,12H,4H2,1-3H3,(H,16,17). The first-order valence-electron chi connectivity index (χ1n) is 6.35. The number of nitrogens with one attached hydrogen (secondary N) is 1. The van der Waals surface area contributed by atoms with Crippen LogP contribution in [0.2, 0.25) is 0 Å². The number of nitrogens with zero attached hydrogens (tertiary/aromatic N) is 1. The number of aromatic nitrogens is 2. The lowest BCUT2D eigenvalue weighted by molar-refractivity contribution is -0.142. The van der Waals surface area contributed by atoms with Crippen LogP contribution in [0.1, 0.15) is 30.7 Å². The lowest BCUT2D eigenvalue weighted by atomic mass is 10.1. The lowest BCUT2D eigenvalue weighted by Crippen LogP contribution is -2.14. The number of imidazole rings is 1. The number of methoxy groups -OCH3 is 1. The molecule has 0 saturated heterocycles. The SMILES string of the molecule is CCC(C(=O)OC)c1ncc(-c2cccc(C)c2)[nH]1. The number of ether oxygens (including phenoxy) is 1. The van der Waals surface area contributed by atoms with E-state index >= 15 is 0 Å². The molecule has 0 saturated carbocycles. The summed E-state index contributed by atoms with van der Waals surface area (Å²) in [6.45, 7) is 3.99. The van der Waals surface area contributed by atoms with E-state index in [1.807, 2.05) is 32.0 Å². The van der Waals surface area contributed by atoms with Gasteiger partial charge in [-0.15, -0.1) is 0 Å². The highest BCUT2D eigenvalue weighted by molar-refractivity contribution is 5.77. The Labute approximate surface area is 112 Å². The van der Waals surface area contributed by atoms with Crippen molar-refractivity contribution in [2.45, 2.75) is 26.2 Å². The summed E-state index contributed by atoms with van der Waals surface area (Å²) in [7, 11) is 1.40. The van der Waals surface area contributed by atoms with E-state index in [0.717, 1.165) is 11.3 Å². The number of aryl methyl sites for hydroxylation is 1. The van der Waals surface area contributed by atoms with Crippen LogP contribution in [0, 0.1) is 6.92 Å². The third-order valence-electron chi connectivity index (χ3n) is 3.15. The Balaban J connectivity index is 2.30. The first kappa shape index (κ1) is 13.3. The Morgan fingerprint density at radius 2 is 2.26 bits per heavy atom. The van der Waals surface area contributed by atoms with Crippen molar-refractivity contribution in [2.24, 2.45) is 0 Å². The molecule has 0 aliphatic carbocycles. The molecule has 1 aromatic heterocycles. The summed E-state index contributed by atoms with van der Waals surface area (Å²) in [4.78, 5) is 19.2. The molecule has 0 spiro atoms. The molecule has 1 aromatic carbocycles. The summed E-state index contributed by atoms with van der Waals surface area (Å²) >= 11 is 0. The molecule has 4 heteroatoms. The fourth-order valence-corrected chi connectivity index (χ4v) is 2.09. The van der Waals surface area contributed by atoms with E-state index in [4.69, 9.17) is 4.74 Å². The number of hydrogen-bond acceptors (Lipinski definition) is 3. The summed E-state index contributed by atoms with van der Waals surface area (Å²) < 4.78 is 4.79. The molecule has 100 valence electrons. The highest BCUT2D eigenvalue weighted by atomic mass is 16.5. The average molecular weight is 258 g/mol. The highest BCUT2D eigenvalue weighted by Gasteiger charge is 2.22. The highest BCUT2D eigenvalue weighted by Crippen LogP contribution is 2.23. The summed E-state index contributed by atoms with van der Waals surface area (Å²) in [6, 6.07) is 8.15. The van der Waals surface area contributed by atoms with Crippen molar-refractivity contribution >= 4 is 5.97 Å². The van der Waals surface area contributed by atoms with Gasteiger partial charge < -0.3 is 9.72 Å². The number of aromatic amines is 1. The lowest BCUT2D eigenvalue weighted by Gasteiger charge is -2.09. The number of H-pyrrole nitrogens is 1. The van der Waals surface area contributed by atoms with Crippen molar-refractivity contribution in [3.63, 3.8) is 0 Å². The molecule has 1 unspecified atom stereocenters. The van der Waals surface area contributed by atoms with E-state index in [0.29, 0.717) is 12.2 Å². The maximum absolute atomic E-state index is 11.7. The molecule has 4 nitrogen and oxygen atoms in total. The van der Waals surface area contributed by atoms with Crippen molar-refractivity contribution in [1.29, 1.82) is 0 Å². The molecule has 0 radical (unpaired) electrons. The number of hydrogen-bond donors (Lipinski definition) is 1. The van der Waals surface area contributed by atoms with Gasteiger partial charge in [-0.2, -0.15) is 0 Å². The largest absolute Gasteiger partial charge is 0.468 e. The van der Waals surface area contributed by atoms with Crippen molar-refractivity contribution in [3.8, 4) is 11.3 Å². The van der Waals surface area contributed by atoms with E-state index in [-0.39, 0.29) is 11.9 Å². The fourth-order valence-electron chi connectivity index (χ4n) is 2.09. The minimum Gasteiger partial charge on any atom is -0.468 e. The molecular weight excluding hydrogens is 240 g/mol. The predicted molar refractivity (Wildman–Crippen MR) is 73.8 cm³/mol. The normalized spacial score (nSPS) is 12.2. The predicted octanol–water partition coefficient (Wildman–Crippen LogP) is 3.05. The number of rotatable bonds is 4. The summed E-state index contributed by atoms with van der Waals surface area (Å²) in [6.07, 6.45) is 2.42. The number of benzene rings is 1. The van der Waals surface area contributed by atoms with Gasteiger partial charge in [-0.1, -0.05) is 30.7 Å². The van der Waals surface area contributed by atoms with Gasteiger partial charge >= 0.3 is 5.97 Å². The van der Waals surface area contributed by atoms with Gasteiger partial charge in [-0.25, -0.2) is 4.98 Å². The molecule has 2 rings (SSSR count). The van der Waals surface area contributed by atoms with Gasteiger partial charge in [-0.3, -0.25) is 4.79 Å². The summed E-state index contributed by atoms with van der Waals surface area (Å²) in [5.41, 5.74) is 3.17. The van der Waals surface area contributed by atoms with E-state index in [9.17, 15) is 4.79 Å². The van der Waals surface area contributed by atoms with Crippen molar-refractivity contribution in [1.82, 2.24) is 9.97 Å². The van der Waals surface area contributed by atoms with Crippen LogP contribution in [0.4, 0.5) is 0 Å². The molecule has 1 N–H and O–H groups in total. The average Bonchev–Trinajstić information content (AvgIpc) is 2.89. The monoisotopic (exact) mass is 258 g/mol. The molecule has 0 amide bonds. The maximum Gasteiger partial charge on any atom is 0.316 e. The summed E-state index contributed by atoms with van der Waals surface area (Å²) in [5.74, 6) is 0.0713. The minimum absolute atomic E-state index is 0.257. The Hall–Kier alpha value is -2.10. The zero-order valence-corrected chi connectivity index (χ0v) is 11.4. The van der Waals surface area contributed by atoms with Crippen LogP contribution in [0.15, 0.2) is 30.5 Å². The van der Waals surface area contributed by atoms with Crippen molar-refractivity contribution in [3.05, 3.63) is 41.9 Å². The van der Waals surface area contributed by atoms with Crippen LogP contribution in [0.5, 0.6) is 0 Å². The molecule has 0 aliphatic heterocycles. The van der Waals surface area contributed by atoms with Crippen LogP contribution in [0.25, 0.3) is 11.3 Å². The quantitative estimate of drug-likeness (QED) is 0.857. The smallest absolute Gasteiger partial charge is 0.316 e. The minimum atomic E-state index is -0.330. The van der Waals surface area contributed by atoms with Gasteiger partial charge in [0.05, 0.1) is 19.0 Å². The Bertz CT molecular complexity index is 575. The molecule has 0 aliphatic rings. The van der Waals surface area contributed by atoms with Gasteiger partial charge in [0.1, 0.15) is 11.7 Å². The van der Waals surface area contributed by atoms with E-state index in [1.165, 1.54) is 12.7 Å². The second kappa shape index (κ2) is 5.69. The Kier molecular flexibility index (Phi) is 4.00. The van der Waals surface area contributed by atoms with E-state index < -0.39 is 0 Å². The summed E-state index contributed by atoms with van der Waals surface area (Å²) in [5, 5.41) is 0. The topological polar surface area (TPSA) is 55.0 Å². The zero-order chi connectivity index (χ0) is 13.8. The fraction of sp³-hybridized carbons (Fsp3) is 0.333. The van der Waals surface area contributed by atoms with Crippen LogP contribution < -0.4 is 0 Å². The van der Waals surface area contributed by atoms with Crippen LogP contribution in [-0.4, -0.2) is 23.0 Å². The van der Waals surface area contributed by atoms with E-state index in [2.05, 4.69) is 16.0 Å². The van der Waals surface area contributed by atoms with Crippen LogP contribution in [0.3, 0.4) is 0 Å². The molecular formula is C15H18N2O2. The van der Waals surface area contributed by atoms with Crippen molar-refractivity contribution < 1.29 is 9.53 Å². The maximum atomic E-state index is 11.7. The third kappa shape index (κ3) is 2.84. The van der Waals surface area contributed by atoms with Crippen molar-refractivity contribution in [2.75, 3.05) is 7.11 Å². The molecule has 1 atom stereocenters. The van der Waals surface area contributed by atoms with Crippen LogP contribution in [-0.2, 0) is 9.53 Å². The van der Waals surface area contributed by atoms with Gasteiger partial charge in [0, 0.05) is 0 Å². The first-order valence-corrected chi connectivity index (χ1v) is 6.35. The Morgan fingerprint density at radius 3 is 2.89 bits per heavy atom. The number of carbonyl (C=O) groups excluding carboxylic acids is 1. The second-order valence-corrected chi connectivity index (χ2v) is 4.54. The number of carbonyl (C=O) groups is 1. The van der Waals surface area contributed by atoms with Crippen LogP contribution >= 0.6 is 0 Å². The number of esters is 1. The zero-order valence-electron chi connectivity index (χ0n) is 11.4. The molecule has 0 fully saturated rings. The molecule has 19 heavy (non-hydrogen) atoms. The third-order valence-corrected chi connectivity index (χ3v) is 3.15. The molecule has 1 heterocycles. The molecule has 2 aromatic rings. The van der Waals surface area contributed by atoms with Gasteiger partial charge in [0.2, 0.25) is 0 Å². The molecule has 0 bridgehead atoms. The van der Waals surface area contributed by atoms with Gasteiger partial charge in [-0.05, 0) is 25.0 Å². The first-order chi connectivity index (χ1) is 9.15. The second-order valence-electron chi connectivity index (χ2n) is 4.54.